The maximum absolute atomic E-state index is 4.93. The molecule has 0 radical (unpaired) electrons. The predicted molar refractivity (Wildman–Crippen MR) is 23.7 cm³/mol. The van der Waals surface area contributed by atoms with Gasteiger partial charge in [-0.25, -0.2) is 12.2 Å². The van der Waals surface area contributed by atoms with Gasteiger partial charge in [-0.15, -0.1) is 0 Å². The molecule has 0 amide bonds. The summed E-state index contributed by atoms with van der Waals surface area (Å²) in [6.07, 6.45) is 5.15. The molecule has 0 bridgehead atoms. The molecule has 0 heterocycles. The first-order valence-electron chi connectivity index (χ1n) is 1.58. The molecule has 0 atom stereocenters. The van der Waals surface area contributed by atoms with Gasteiger partial charge in [-0.05, 0) is 0 Å². The van der Waals surface area contributed by atoms with Crippen LogP contribution in [0.5, 0.6) is 0 Å². The number of allylic oxidation sites excluding steroid dienone is 3. The molecule has 0 aromatic rings. The van der Waals surface area contributed by atoms with Crippen LogP contribution in [0.25, 0.3) is 0 Å². The third kappa shape index (κ3) is 8.90. The average molecular weight is 251 g/mol. The van der Waals surface area contributed by atoms with E-state index >= 15 is 0 Å². The zero-order valence-electron chi connectivity index (χ0n) is 3.72. The molecular weight excluding hydrogens is 244 g/mol. The van der Waals surface area contributed by atoms with Crippen molar-refractivity contribution in [1.82, 2.24) is 0 Å². The van der Waals surface area contributed by atoms with E-state index in [4.69, 9.17) is 6.58 Å². The maximum Gasteiger partial charge on any atom is 2.00 e. The van der Waals surface area contributed by atoms with Crippen LogP contribution in [0.4, 0.5) is 0 Å². The third-order valence-electron chi connectivity index (χ3n) is 0.304. The first kappa shape index (κ1) is 9.48. The molecule has 0 saturated heterocycles. The van der Waals surface area contributed by atoms with E-state index in [1.165, 1.54) is 6.08 Å². The van der Waals surface area contributed by atoms with Crippen LogP contribution >= 0.6 is 0 Å². The molecule has 0 rings (SSSR count). The minimum atomic E-state index is 0. The zero-order valence-corrected chi connectivity index (χ0v) is 6.65. The summed E-state index contributed by atoms with van der Waals surface area (Å²) in [7, 11) is 0. The Balaban J connectivity index is 0. The normalized spacial score (nSPS) is 7.50. The first-order valence-corrected chi connectivity index (χ1v) is 1.58. The molecule has 0 aliphatic rings. The summed E-state index contributed by atoms with van der Waals surface area (Å²) in [5.41, 5.74) is 0. The third-order valence-corrected chi connectivity index (χ3v) is 0.304. The van der Waals surface area contributed by atoms with Crippen molar-refractivity contribution in [2.45, 2.75) is 6.92 Å². The number of rotatable bonds is 1. The van der Waals surface area contributed by atoms with Crippen molar-refractivity contribution < 1.29 is 21.1 Å². The molecule has 0 fully saturated rings. The fourth-order valence-electron chi connectivity index (χ4n) is 0.111. The van der Waals surface area contributed by atoms with Crippen LogP contribution in [0, 0.1) is 6.58 Å². The monoisotopic (exact) mass is 251 g/mol. The Hall–Kier alpha value is 0.168. The number of hydrogen-bond donors (Lipinski definition) is 0. The van der Waals surface area contributed by atoms with Gasteiger partial charge in [0.15, 0.2) is 0 Å². The topological polar surface area (TPSA) is 0 Å². The quantitative estimate of drug-likeness (QED) is 0.490. The average Bonchev–Trinajstić information content (AvgIpc) is 1.41. The maximum atomic E-state index is 4.93. The van der Waals surface area contributed by atoms with Gasteiger partial charge in [0.05, 0.1) is 0 Å². The fourth-order valence-corrected chi connectivity index (χ4v) is 0.111. The van der Waals surface area contributed by atoms with E-state index in [1.807, 2.05) is 13.0 Å². The standard InChI is InChI=1S/C5H7.W/c1-3-5-4-2;/h1,3-5H,2H3;/q-1;+2/b5-4+;. The summed E-state index contributed by atoms with van der Waals surface area (Å²) < 4.78 is 0. The molecule has 0 aliphatic carbocycles. The molecule has 6 heavy (non-hydrogen) atoms. The molecular formula is C5H7W+. The second kappa shape index (κ2) is 8.95. The Morgan fingerprint density at radius 1 is 1.50 bits per heavy atom. The Bertz CT molecular complexity index is 45.9. The van der Waals surface area contributed by atoms with Crippen LogP contribution in [0.3, 0.4) is 0 Å². The Morgan fingerprint density at radius 2 is 2.00 bits per heavy atom. The molecule has 0 aromatic carbocycles. The minimum absolute atomic E-state index is 0. The van der Waals surface area contributed by atoms with Crippen LogP contribution in [0.1, 0.15) is 6.92 Å². The molecule has 0 saturated carbocycles. The van der Waals surface area contributed by atoms with E-state index < -0.39 is 0 Å². The minimum Gasteiger partial charge on any atom is -0.293 e. The van der Waals surface area contributed by atoms with Crippen molar-refractivity contribution in [2.24, 2.45) is 0 Å². The van der Waals surface area contributed by atoms with E-state index in [-0.39, 0.29) is 21.1 Å². The smallest absolute Gasteiger partial charge is 0.293 e. The predicted octanol–water partition coefficient (Wildman–Crippen LogP) is 1.55. The van der Waals surface area contributed by atoms with Crippen molar-refractivity contribution in [3.05, 3.63) is 24.8 Å². The number of hydrogen-bond acceptors (Lipinski definition) is 0. The van der Waals surface area contributed by atoms with Gasteiger partial charge in [-0.3, -0.25) is 6.58 Å². The van der Waals surface area contributed by atoms with Crippen molar-refractivity contribution in [2.75, 3.05) is 0 Å². The van der Waals surface area contributed by atoms with Crippen LogP contribution in [-0.4, -0.2) is 0 Å². The van der Waals surface area contributed by atoms with Gasteiger partial charge in [0.2, 0.25) is 0 Å². The van der Waals surface area contributed by atoms with Gasteiger partial charge in [0, 0.05) is 0 Å². The van der Waals surface area contributed by atoms with E-state index in [1.54, 1.807) is 6.08 Å². The fraction of sp³-hybridized carbons (Fsp3) is 0.200. The van der Waals surface area contributed by atoms with Crippen molar-refractivity contribution in [3.8, 4) is 0 Å². The van der Waals surface area contributed by atoms with E-state index in [0.29, 0.717) is 0 Å². The Kier molecular flexibility index (Phi) is 14.1. The largest absolute Gasteiger partial charge is 2.00 e. The second-order valence-corrected chi connectivity index (χ2v) is 0.718. The molecule has 32 valence electrons. The molecule has 0 unspecified atom stereocenters. The van der Waals surface area contributed by atoms with Gasteiger partial charge in [0.25, 0.3) is 0 Å². The van der Waals surface area contributed by atoms with Gasteiger partial charge >= 0.3 is 21.1 Å². The Labute approximate surface area is 53.2 Å². The Morgan fingerprint density at radius 3 is 2.00 bits per heavy atom. The van der Waals surface area contributed by atoms with Crippen LogP contribution in [-0.2, 0) is 21.1 Å². The van der Waals surface area contributed by atoms with Crippen molar-refractivity contribution in [1.29, 1.82) is 0 Å². The van der Waals surface area contributed by atoms with Crippen molar-refractivity contribution in [3.63, 3.8) is 0 Å². The first-order chi connectivity index (χ1) is 2.41. The summed E-state index contributed by atoms with van der Waals surface area (Å²) in [4.78, 5) is 0. The summed E-state index contributed by atoms with van der Waals surface area (Å²) in [5.74, 6) is 0. The molecule has 0 nitrogen and oxygen atoms in total. The van der Waals surface area contributed by atoms with E-state index in [0.717, 1.165) is 0 Å². The van der Waals surface area contributed by atoms with Gasteiger partial charge in [-0.2, -0.15) is 6.08 Å². The molecule has 1 heteroatoms. The van der Waals surface area contributed by atoms with Gasteiger partial charge < -0.3 is 0 Å². The van der Waals surface area contributed by atoms with Crippen LogP contribution in [0.2, 0.25) is 0 Å². The molecule has 0 aliphatic heterocycles. The SMILES string of the molecule is [CH-]=C/C=C/C.[W+2]. The van der Waals surface area contributed by atoms with E-state index in [2.05, 4.69) is 0 Å². The summed E-state index contributed by atoms with van der Waals surface area (Å²) in [6, 6.07) is 0. The van der Waals surface area contributed by atoms with Crippen LogP contribution in [0.15, 0.2) is 18.2 Å². The van der Waals surface area contributed by atoms with Crippen molar-refractivity contribution >= 4 is 0 Å². The van der Waals surface area contributed by atoms with Gasteiger partial charge in [-0.1, -0.05) is 6.92 Å². The molecule has 0 N–H and O–H groups in total. The summed E-state index contributed by atoms with van der Waals surface area (Å²) in [6.45, 7) is 6.85. The molecule has 0 spiro atoms. The van der Waals surface area contributed by atoms with E-state index in [9.17, 15) is 0 Å². The summed E-state index contributed by atoms with van der Waals surface area (Å²) in [5, 5.41) is 0. The van der Waals surface area contributed by atoms with Gasteiger partial charge in [0.1, 0.15) is 0 Å². The zero-order chi connectivity index (χ0) is 4.12. The summed E-state index contributed by atoms with van der Waals surface area (Å²) >= 11 is 0. The van der Waals surface area contributed by atoms with Crippen LogP contribution < -0.4 is 0 Å². The molecule has 0 aromatic heterocycles. The second-order valence-electron chi connectivity index (χ2n) is 0.718.